The summed E-state index contributed by atoms with van der Waals surface area (Å²) in [5.74, 6) is -1.10. The summed E-state index contributed by atoms with van der Waals surface area (Å²) in [7, 11) is 3.44. The molecule has 1 aliphatic rings. The Morgan fingerprint density at radius 2 is 1.88 bits per heavy atom. The molecule has 0 aliphatic heterocycles. The molecule has 26 heavy (non-hydrogen) atoms. The van der Waals surface area contributed by atoms with Crippen LogP contribution in [-0.2, 0) is 9.53 Å². The van der Waals surface area contributed by atoms with Crippen molar-refractivity contribution in [1.29, 1.82) is 0 Å². The molecule has 1 aromatic rings. The summed E-state index contributed by atoms with van der Waals surface area (Å²) < 4.78 is 5.09. The van der Waals surface area contributed by atoms with E-state index in [9.17, 15) is 19.7 Å². The van der Waals surface area contributed by atoms with Crippen molar-refractivity contribution >= 4 is 23.3 Å². The van der Waals surface area contributed by atoms with E-state index in [1.165, 1.54) is 31.0 Å². The molecule has 1 aliphatic carbocycles. The summed E-state index contributed by atoms with van der Waals surface area (Å²) in [6.45, 7) is -0.398. The standard InChI is InChI=1S/C18H25N3O5/c1-20(2)16-10-9-14(21(24)25)11-15(16)18(23)26-12-17(22)19-13-7-5-3-4-6-8-13/h9-11,13H,3-8,12H2,1-2H3,(H,19,22). The zero-order chi connectivity index (χ0) is 19.1. The van der Waals surface area contributed by atoms with Gasteiger partial charge in [-0.1, -0.05) is 25.7 Å². The minimum absolute atomic E-state index is 0.0615. The van der Waals surface area contributed by atoms with Crippen LogP contribution in [0.25, 0.3) is 0 Å². The molecule has 142 valence electrons. The van der Waals surface area contributed by atoms with Crippen molar-refractivity contribution in [1.82, 2.24) is 5.32 Å². The molecule has 1 fully saturated rings. The van der Waals surface area contributed by atoms with Crippen LogP contribution in [0, 0.1) is 10.1 Å². The Hall–Kier alpha value is -2.64. The van der Waals surface area contributed by atoms with Gasteiger partial charge in [-0.25, -0.2) is 4.79 Å². The molecule has 0 atom stereocenters. The molecule has 8 nitrogen and oxygen atoms in total. The van der Waals surface area contributed by atoms with Crippen molar-refractivity contribution in [3.05, 3.63) is 33.9 Å². The smallest absolute Gasteiger partial charge is 0.341 e. The Balaban J connectivity index is 1.99. The summed E-state index contributed by atoms with van der Waals surface area (Å²) in [6.07, 6.45) is 6.42. The molecule has 1 aromatic carbocycles. The first-order valence-corrected chi connectivity index (χ1v) is 8.80. The van der Waals surface area contributed by atoms with Crippen molar-refractivity contribution in [2.75, 3.05) is 25.6 Å². The fourth-order valence-electron chi connectivity index (χ4n) is 3.09. The van der Waals surface area contributed by atoms with Gasteiger partial charge in [-0.15, -0.1) is 0 Å². The number of non-ortho nitro benzene ring substituents is 1. The average Bonchev–Trinajstić information content (AvgIpc) is 2.87. The molecule has 8 heteroatoms. The molecule has 0 aromatic heterocycles. The number of carbonyl (C=O) groups is 2. The lowest BCUT2D eigenvalue weighted by Gasteiger charge is -2.18. The van der Waals surface area contributed by atoms with Gasteiger partial charge in [0.05, 0.1) is 16.2 Å². The van der Waals surface area contributed by atoms with E-state index < -0.39 is 17.5 Å². The Morgan fingerprint density at radius 3 is 2.46 bits per heavy atom. The van der Waals surface area contributed by atoms with Crippen LogP contribution in [0.5, 0.6) is 0 Å². The molecule has 1 amide bonds. The third kappa shape index (κ3) is 5.44. The molecule has 0 unspecified atom stereocenters. The number of amides is 1. The highest BCUT2D eigenvalue weighted by Gasteiger charge is 2.21. The van der Waals surface area contributed by atoms with Gasteiger partial charge in [0.1, 0.15) is 0 Å². The number of ether oxygens (including phenoxy) is 1. The van der Waals surface area contributed by atoms with Crippen LogP contribution in [0.2, 0.25) is 0 Å². The van der Waals surface area contributed by atoms with Crippen LogP contribution in [0.15, 0.2) is 18.2 Å². The molecular weight excluding hydrogens is 338 g/mol. The van der Waals surface area contributed by atoms with E-state index in [1.807, 2.05) is 0 Å². The third-order valence-electron chi connectivity index (χ3n) is 4.45. The fraction of sp³-hybridized carbons (Fsp3) is 0.556. The topological polar surface area (TPSA) is 102 Å². The number of hydrogen-bond donors (Lipinski definition) is 1. The lowest BCUT2D eigenvalue weighted by atomic mass is 10.1. The number of nitrogens with one attached hydrogen (secondary N) is 1. The highest BCUT2D eigenvalue weighted by Crippen LogP contribution is 2.25. The molecule has 0 heterocycles. The molecular formula is C18H25N3O5. The number of anilines is 1. The zero-order valence-electron chi connectivity index (χ0n) is 15.2. The predicted molar refractivity (Wildman–Crippen MR) is 97.3 cm³/mol. The number of benzene rings is 1. The first-order chi connectivity index (χ1) is 12.4. The van der Waals surface area contributed by atoms with Crippen molar-refractivity contribution in [3.63, 3.8) is 0 Å². The molecule has 1 saturated carbocycles. The first-order valence-electron chi connectivity index (χ1n) is 8.80. The zero-order valence-corrected chi connectivity index (χ0v) is 15.2. The lowest BCUT2D eigenvalue weighted by Crippen LogP contribution is -2.37. The Labute approximate surface area is 152 Å². The summed E-state index contributed by atoms with van der Waals surface area (Å²) in [5, 5.41) is 13.8. The van der Waals surface area contributed by atoms with Crippen molar-refractivity contribution in [3.8, 4) is 0 Å². The predicted octanol–water partition coefficient (Wildman–Crippen LogP) is 2.66. The number of rotatable bonds is 6. The quantitative estimate of drug-likeness (QED) is 0.361. The molecule has 0 bridgehead atoms. The third-order valence-corrected chi connectivity index (χ3v) is 4.45. The minimum Gasteiger partial charge on any atom is -0.452 e. The summed E-state index contributed by atoms with van der Waals surface area (Å²) in [4.78, 5) is 36.4. The van der Waals surface area contributed by atoms with E-state index in [2.05, 4.69) is 5.32 Å². The summed E-state index contributed by atoms with van der Waals surface area (Å²) >= 11 is 0. The second-order valence-electron chi connectivity index (χ2n) is 6.69. The number of hydrogen-bond acceptors (Lipinski definition) is 6. The fourth-order valence-corrected chi connectivity index (χ4v) is 3.09. The van der Waals surface area contributed by atoms with Crippen LogP contribution in [0.3, 0.4) is 0 Å². The molecule has 1 N–H and O–H groups in total. The van der Waals surface area contributed by atoms with Crippen molar-refractivity contribution in [2.24, 2.45) is 0 Å². The number of nitrogens with zero attached hydrogens (tertiary/aromatic N) is 2. The Bertz CT molecular complexity index is 667. The Morgan fingerprint density at radius 1 is 1.23 bits per heavy atom. The summed E-state index contributed by atoms with van der Waals surface area (Å²) in [5.41, 5.74) is 0.349. The monoisotopic (exact) mass is 363 g/mol. The van der Waals surface area contributed by atoms with Gasteiger partial charge in [0, 0.05) is 32.3 Å². The molecule has 2 rings (SSSR count). The molecule has 0 radical (unpaired) electrons. The highest BCUT2D eigenvalue weighted by atomic mass is 16.6. The lowest BCUT2D eigenvalue weighted by molar-refractivity contribution is -0.384. The van der Waals surface area contributed by atoms with Gasteiger partial charge in [-0.3, -0.25) is 14.9 Å². The summed E-state index contributed by atoms with van der Waals surface area (Å²) in [6, 6.07) is 4.10. The number of esters is 1. The van der Waals surface area contributed by atoms with E-state index >= 15 is 0 Å². The van der Waals surface area contributed by atoms with Gasteiger partial charge >= 0.3 is 5.97 Å². The largest absolute Gasteiger partial charge is 0.452 e. The average molecular weight is 363 g/mol. The van der Waals surface area contributed by atoms with E-state index in [1.54, 1.807) is 19.0 Å². The van der Waals surface area contributed by atoms with Crippen LogP contribution >= 0.6 is 0 Å². The minimum atomic E-state index is -0.756. The number of nitro groups is 1. The van der Waals surface area contributed by atoms with Crippen LogP contribution in [-0.4, -0.2) is 43.5 Å². The van der Waals surface area contributed by atoms with Gasteiger partial charge in [-0.2, -0.15) is 0 Å². The van der Waals surface area contributed by atoms with Crippen molar-refractivity contribution < 1.29 is 19.2 Å². The maximum atomic E-state index is 12.3. The van der Waals surface area contributed by atoms with Gasteiger partial charge in [0.25, 0.3) is 11.6 Å². The maximum absolute atomic E-state index is 12.3. The van der Waals surface area contributed by atoms with Crippen LogP contribution < -0.4 is 10.2 Å². The second-order valence-corrected chi connectivity index (χ2v) is 6.69. The second kappa shape index (κ2) is 9.17. The maximum Gasteiger partial charge on any atom is 0.341 e. The van der Waals surface area contributed by atoms with Gasteiger partial charge in [0.2, 0.25) is 0 Å². The van der Waals surface area contributed by atoms with E-state index in [-0.39, 0.29) is 23.2 Å². The van der Waals surface area contributed by atoms with Crippen molar-refractivity contribution in [2.45, 2.75) is 44.6 Å². The normalized spacial score (nSPS) is 15.0. The SMILES string of the molecule is CN(C)c1ccc([N+](=O)[O-])cc1C(=O)OCC(=O)NC1CCCCCC1. The first kappa shape index (κ1) is 19.7. The van der Waals surface area contributed by atoms with Gasteiger partial charge < -0.3 is 15.0 Å². The number of nitro benzene ring substituents is 1. The van der Waals surface area contributed by atoms with Gasteiger partial charge in [0.15, 0.2) is 6.61 Å². The highest BCUT2D eigenvalue weighted by molar-refractivity contribution is 5.97. The number of carbonyl (C=O) groups excluding carboxylic acids is 2. The van der Waals surface area contributed by atoms with E-state index in [0.29, 0.717) is 5.69 Å². The van der Waals surface area contributed by atoms with Gasteiger partial charge in [-0.05, 0) is 18.9 Å². The Kier molecular flexibility index (Phi) is 6.94. The van der Waals surface area contributed by atoms with E-state index in [0.717, 1.165) is 25.7 Å². The molecule has 0 saturated heterocycles. The van der Waals surface area contributed by atoms with Crippen LogP contribution in [0.4, 0.5) is 11.4 Å². The molecule has 0 spiro atoms. The van der Waals surface area contributed by atoms with E-state index in [4.69, 9.17) is 4.74 Å². The van der Waals surface area contributed by atoms with Crippen LogP contribution in [0.1, 0.15) is 48.9 Å².